The highest BCUT2D eigenvalue weighted by Crippen LogP contribution is 2.10. The molecule has 0 atom stereocenters. The van der Waals surface area contributed by atoms with Crippen LogP contribution in [0.4, 0.5) is 5.69 Å². The number of rotatable bonds is 7. The van der Waals surface area contributed by atoms with E-state index in [0.717, 1.165) is 0 Å². The first kappa shape index (κ1) is 18.7. The molecule has 24 heavy (non-hydrogen) atoms. The Morgan fingerprint density at radius 3 is 2.46 bits per heavy atom. The largest absolute Gasteiger partial charge is 0.468 e. The highest BCUT2D eigenvalue weighted by molar-refractivity contribution is 5.96. The molecule has 0 bridgehead atoms. The first-order valence-electron chi connectivity index (χ1n) is 7.00. The van der Waals surface area contributed by atoms with Crippen molar-refractivity contribution in [1.82, 2.24) is 5.32 Å². The van der Waals surface area contributed by atoms with E-state index in [9.17, 15) is 14.4 Å². The number of carbonyl (C=O) groups excluding carboxylic acids is 3. The lowest BCUT2D eigenvalue weighted by atomic mass is 10.2. The fraction of sp³-hybridized carbons (Fsp3) is 0.250. The fourth-order valence-corrected chi connectivity index (χ4v) is 1.55. The van der Waals surface area contributed by atoms with Gasteiger partial charge in [0.2, 0.25) is 0 Å². The molecular formula is C16H17N3O5. The topological polar surface area (TPSA) is 118 Å². The second-order valence-corrected chi connectivity index (χ2v) is 4.37. The molecule has 0 fully saturated rings. The molecular weight excluding hydrogens is 314 g/mol. The number of nitriles is 1. The zero-order valence-corrected chi connectivity index (χ0v) is 13.3. The lowest BCUT2D eigenvalue weighted by molar-refractivity contribution is -0.139. The summed E-state index contributed by atoms with van der Waals surface area (Å²) in [6.07, 6.45) is 1.23. The van der Waals surface area contributed by atoms with Gasteiger partial charge >= 0.3 is 11.9 Å². The van der Waals surface area contributed by atoms with Gasteiger partial charge in [0.05, 0.1) is 13.7 Å². The van der Waals surface area contributed by atoms with E-state index in [2.05, 4.69) is 15.4 Å². The van der Waals surface area contributed by atoms with E-state index in [1.54, 1.807) is 25.1 Å². The number of esters is 2. The average molecular weight is 331 g/mol. The van der Waals surface area contributed by atoms with Crippen LogP contribution in [0.2, 0.25) is 0 Å². The summed E-state index contributed by atoms with van der Waals surface area (Å²) >= 11 is 0. The summed E-state index contributed by atoms with van der Waals surface area (Å²) in [6.45, 7) is 1.60. The molecule has 1 aromatic carbocycles. The summed E-state index contributed by atoms with van der Waals surface area (Å²) in [5, 5.41) is 14.1. The van der Waals surface area contributed by atoms with E-state index in [4.69, 9.17) is 10.00 Å². The monoisotopic (exact) mass is 331 g/mol. The molecule has 0 unspecified atom stereocenters. The number of amides is 1. The minimum Gasteiger partial charge on any atom is -0.468 e. The molecule has 1 amide bonds. The third kappa shape index (κ3) is 5.81. The summed E-state index contributed by atoms with van der Waals surface area (Å²) in [6, 6.07) is 7.96. The lowest BCUT2D eigenvalue weighted by Gasteiger charge is -2.06. The Bertz CT molecular complexity index is 674. The molecule has 0 heterocycles. The number of benzene rings is 1. The van der Waals surface area contributed by atoms with Crippen molar-refractivity contribution in [3.05, 3.63) is 41.6 Å². The van der Waals surface area contributed by atoms with Crippen LogP contribution in [0, 0.1) is 11.3 Å². The van der Waals surface area contributed by atoms with E-state index in [1.165, 1.54) is 25.4 Å². The molecule has 2 N–H and O–H groups in total. The Morgan fingerprint density at radius 2 is 1.92 bits per heavy atom. The molecule has 0 radical (unpaired) electrons. The van der Waals surface area contributed by atoms with Crippen LogP contribution in [-0.2, 0) is 19.1 Å². The smallest absolute Gasteiger partial charge is 0.350 e. The van der Waals surface area contributed by atoms with E-state index in [1.807, 2.05) is 0 Å². The van der Waals surface area contributed by atoms with Gasteiger partial charge in [-0.15, -0.1) is 0 Å². The second-order valence-electron chi connectivity index (χ2n) is 4.37. The zero-order chi connectivity index (χ0) is 17.9. The third-order valence-corrected chi connectivity index (χ3v) is 2.77. The van der Waals surface area contributed by atoms with Crippen LogP contribution in [0.5, 0.6) is 0 Å². The van der Waals surface area contributed by atoms with Crippen molar-refractivity contribution < 1.29 is 23.9 Å². The summed E-state index contributed by atoms with van der Waals surface area (Å²) < 4.78 is 9.15. The Kier molecular flexibility index (Phi) is 7.51. The van der Waals surface area contributed by atoms with Gasteiger partial charge in [-0.3, -0.25) is 9.59 Å². The van der Waals surface area contributed by atoms with Crippen LogP contribution in [-0.4, -0.2) is 38.1 Å². The molecule has 8 nitrogen and oxygen atoms in total. The van der Waals surface area contributed by atoms with Gasteiger partial charge in [-0.2, -0.15) is 5.26 Å². The van der Waals surface area contributed by atoms with Crippen LogP contribution in [0.15, 0.2) is 36.0 Å². The molecule has 0 aliphatic carbocycles. The number of hydrogen-bond donors (Lipinski definition) is 2. The molecule has 0 saturated carbocycles. The van der Waals surface area contributed by atoms with Crippen molar-refractivity contribution >= 4 is 23.5 Å². The summed E-state index contributed by atoms with van der Waals surface area (Å²) in [5.41, 5.74) is 0.743. The second kappa shape index (κ2) is 9.63. The van der Waals surface area contributed by atoms with Gasteiger partial charge in [0.15, 0.2) is 5.57 Å². The summed E-state index contributed by atoms with van der Waals surface area (Å²) in [5.74, 6) is -1.69. The number of ether oxygens (including phenoxy) is 2. The van der Waals surface area contributed by atoms with Crippen LogP contribution in [0.3, 0.4) is 0 Å². The maximum Gasteiger partial charge on any atom is 0.350 e. The molecule has 0 aromatic heterocycles. The fourth-order valence-electron chi connectivity index (χ4n) is 1.55. The van der Waals surface area contributed by atoms with Crippen molar-refractivity contribution in [2.45, 2.75) is 6.92 Å². The van der Waals surface area contributed by atoms with Crippen molar-refractivity contribution in [2.24, 2.45) is 0 Å². The predicted molar refractivity (Wildman–Crippen MR) is 84.7 cm³/mol. The summed E-state index contributed by atoms with van der Waals surface area (Å²) in [7, 11) is 1.23. The van der Waals surface area contributed by atoms with Gasteiger partial charge in [-0.25, -0.2) is 4.79 Å². The van der Waals surface area contributed by atoms with Gasteiger partial charge in [-0.05, 0) is 31.2 Å². The Morgan fingerprint density at radius 1 is 1.25 bits per heavy atom. The molecule has 0 aliphatic rings. The number of nitrogens with one attached hydrogen (secondary N) is 2. The molecule has 0 aliphatic heterocycles. The SMILES string of the molecule is CCOC(=O)/C(C#N)=C/Nc1ccc(C(=O)NCC(=O)OC)cc1. The normalized spacial score (nSPS) is 10.3. The molecule has 126 valence electrons. The number of nitrogens with zero attached hydrogens (tertiary/aromatic N) is 1. The Labute approximate surface area is 139 Å². The van der Waals surface area contributed by atoms with Crippen molar-refractivity contribution in [2.75, 3.05) is 25.6 Å². The maximum atomic E-state index is 11.8. The van der Waals surface area contributed by atoms with Gasteiger partial charge in [0, 0.05) is 17.5 Å². The quantitative estimate of drug-likeness (QED) is 0.434. The van der Waals surface area contributed by atoms with E-state index in [0.29, 0.717) is 11.3 Å². The lowest BCUT2D eigenvalue weighted by Crippen LogP contribution is -2.30. The van der Waals surface area contributed by atoms with Crippen molar-refractivity contribution in [3.63, 3.8) is 0 Å². The van der Waals surface area contributed by atoms with E-state index in [-0.39, 0.29) is 18.7 Å². The number of hydrogen-bond acceptors (Lipinski definition) is 7. The van der Waals surface area contributed by atoms with Gasteiger partial charge in [0.1, 0.15) is 12.6 Å². The van der Waals surface area contributed by atoms with E-state index >= 15 is 0 Å². The van der Waals surface area contributed by atoms with Gasteiger partial charge in [0.25, 0.3) is 5.91 Å². The highest BCUT2D eigenvalue weighted by Gasteiger charge is 2.10. The van der Waals surface area contributed by atoms with Gasteiger partial charge < -0.3 is 20.1 Å². The van der Waals surface area contributed by atoms with Crippen molar-refractivity contribution in [3.8, 4) is 6.07 Å². The van der Waals surface area contributed by atoms with Gasteiger partial charge in [-0.1, -0.05) is 0 Å². The minimum atomic E-state index is -0.716. The molecule has 1 aromatic rings. The third-order valence-electron chi connectivity index (χ3n) is 2.77. The van der Waals surface area contributed by atoms with Crippen LogP contribution >= 0.6 is 0 Å². The maximum absolute atomic E-state index is 11.8. The average Bonchev–Trinajstić information content (AvgIpc) is 2.60. The number of anilines is 1. The number of carbonyl (C=O) groups is 3. The van der Waals surface area contributed by atoms with Crippen molar-refractivity contribution in [1.29, 1.82) is 5.26 Å². The Balaban J connectivity index is 2.67. The summed E-state index contributed by atoms with van der Waals surface area (Å²) in [4.78, 5) is 34.2. The Hall–Kier alpha value is -3.34. The molecule has 0 saturated heterocycles. The predicted octanol–water partition coefficient (Wildman–Crippen LogP) is 0.972. The molecule has 0 spiro atoms. The van der Waals surface area contributed by atoms with Crippen LogP contribution in [0.1, 0.15) is 17.3 Å². The van der Waals surface area contributed by atoms with Crippen LogP contribution in [0.25, 0.3) is 0 Å². The standard InChI is InChI=1S/C16H17N3O5/c1-3-24-16(22)12(8-17)9-18-13-6-4-11(5-7-13)15(21)19-10-14(20)23-2/h4-7,9,18H,3,10H2,1-2H3,(H,19,21)/b12-9+. The first-order valence-corrected chi connectivity index (χ1v) is 7.00. The molecule has 8 heteroatoms. The first-order chi connectivity index (χ1) is 11.5. The zero-order valence-electron chi connectivity index (χ0n) is 13.3. The number of methoxy groups -OCH3 is 1. The minimum absolute atomic E-state index is 0.170. The molecule has 1 rings (SSSR count). The van der Waals surface area contributed by atoms with E-state index < -0.39 is 17.8 Å². The highest BCUT2D eigenvalue weighted by atomic mass is 16.5. The van der Waals surface area contributed by atoms with Crippen LogP contribution < -0.4 is 10.6 Å².